The highest BCUT2D eigenvalue weighted by atomic mass is 16.5. The monoisotopic (exact) mass is 312 g/mol. The summed E-state index contributed by atoms with van der Waals surface area (Å²) in [6, 6.07) is 0. The van der Waals surface area contributed by atoms with Gasteiger partial charge in [-0.25, -0.2) is 0 Å². The summed E-state index contributed by atoms with van der Waals surface area (Å²) in [5.74, 6) is -0.614. The van der Waals surface area contributed by atoms with E-state index in [2.05, 4.69) is 11.9 Å². The number of likely N-dealkylation sites (N-methyl/N-ethyl adjacent to an activating group) is 1. The quantitative estimate of drug-likeness (QED) is 0.357. The number of carbonyl (C=O) groups excluding carboxylic acids is 3. The second-order valence-corrected chi connectivity index (χ2v) is 5.32. The average molecular weight is 312 g/mol. The van der Waals surface area contributed by atoms with E-state index in [0.717, 1.165) is 18.4 Å². The van der Waals surface area contributed by atoms with Crippen LogP contribution in [0, 0.1) is 0 Å². The Balaban J connectivity index is 3.77. The lowest BCUT2D eigenvalue weighted by atomic mass is 10.2. The van der Waals surface area contributed by atoms with E-state index in [0.29, 0.717) is 32.5 Å². The number of amides is 2. The predicted octanol–water partition coefficient (Wildman–Crippen LogP) is 1.65. The Morgan fingerprint density at radius 3 is 2.36 bits per heavy atom. The van der Waals surface area contributed by atoms with Crippen LogP contribution in [-0.2, 0) is 19.1 Å². The number of esters is 1. The maximum absolute atomic E-state index is 11.9. The van der Waals surface area contributed by atoms with Gasteiger partial charge in [0.25, 0.3) is 5.91 Å². The normalized spacial score (nSPS) is 9.95. The van der Waals surface area contributed by atoms with Crippen molar-refractivity contribution in [1.82, 2.24) is 10.2 Å². The molecule has 0 heterocycles. The van der Waals surface area contributed by atoms with Crippen LogP contribution in [0.2, 0.25) is 0 Å². The SMILES string of the molecule is C=C(C)CN(CC)C(=O)COC(=O)CCCCCNC(C)=O. The van der Waals surface area contributed by atoms with Crippen LogP contribution < -0.4 is 5.32 Å². The van der Waals surface area contributed by atoms with E-state index in [1.807, 2.05) is 13.8 Å². The number of ether oxygens (including phenoxy) is 1. The summed E-state index contributed by atoms with van der Waals surface area (Å²) in [6.07, 6.45) is 2.64. The van der Waals surface area contributed by atoms with Crippen LogP contribution in [-0.4, -0.2) is 48.9 Å². The molecule has 2 amide bonds. The third-order valence-corrected chi connectivity index (χ3v) is 2.98. The molecule has 0 unspecified atom stereocenters. The predicted molar refractivity (Wildman–Crippen MR) is 85.2 cm³/mol. The highest BCUT2D eigenvalue weighted by Gasteiger charge is 2.14. The lowest BCUT2D eigenvalue weighted by Gasteiger charge is -2.20. The first-order valence-electron chi connectivity index (χ1n) is 7.69. The fourth-order valence-corrected chi connectivity index (χ4v) is 1.84. The van der Waals surface area contributed by atoms with Gasteiger partial charge in [-0.15, -0.1) is 0 Å². The van der Waals surface area contributed by atoms with Crippen molar-refractivity contribution in [3.05, 3.63) is 12.2 Å². The van der Waals surface area contributed by atoms with Gasteiger partial charge < -0.3 is 15.0 Å². The van der Waals surface area contributed by atoms with Crippen LogP contribution in [0.15, 0.2) is 12.2 Å². The van der Waals surface area contributed by atoms with Crippen molar-refractivity contribution in [2.45, 2.75) is 46.5 Å². The minimum atomic E-state index is -0.362. The number of hydrogen-bond donors (Lipinski definition) is 1. The lowest BCUT2D eigenvalue weighted by Crippen LogP contribution is -2.35. The first-order chi connectivity index (χ1) is 10.4. The molecule has 0 aromatic carbocycles. The van der Waals surface area contributed by atoms with Crippen LogP contribution in [0.4, 0.5) is 0 Å². The van der Waals surface area contributed by atoms with Crippen LogP contribution in [0.25, 0.3) is 0 Å². The molecular formula is C16H28N2O4. The van der Waals surface area contributed by atoms with Crippen molar-refractivity contribution < 1.29 is 19.1 Å². The number of rotatable bonds is 11. The molecule has 6 heteroatoms. The molecule has 1 N–H and O–H groups in total. The first kappa shape index (κ1) is 20.1. The van der Waals surface area contributed by atoms with E-state index in [-0.39, 0.29) is 24.4 Å². The smallest absolute Gasteiger partial charge is 0.306 e. The van der Waals surface area contributed by atoms with Gasteiger partial charge in [-0.3, -0.25) is 14.4 Å². The van der Waals surface area contributed by atoms with Crippen molar-refractivity contribution in [1.29, 1.82) is 0 Å². The minimum Gasteiger partial charge on any atom is -0.456 e. The van der Waals surface area contributed by atoms with Crippen LogP contribution in [0.1, 0.15) is 46.5 Å². The zero-order valence-corrected chi connectivity index (χ0v) is 13.9. The Bertz CT molecular complexity index is 394. The molecular weight excluding hydrogens is 284 g/mol. The molecule has 0 aliphatic heterocycles. The molecule has 0 aromatic heterocycles. The Hall–Kier alpha value is -1.85. The van der Waals surface area contributed by atoms with E-state index in [9.17, 15) is 14.4 Å². The third-order valence-electron chi connectivity index (χ3n) is 2.98. The summed E-state index contributed by atoms with van der Waals surface area (Å²) >= 11 is 0. The maximum Gasteiger partial charge on any atom is 0.306 e. The summed E-state index contributed by atoms with van der Waals surface area (Å²) in [6.45, 7) is 10.4. The number of nitrogens with zero attached hydrogens (tertiary/aromatic N) is 1. The zero-order valence-electron chi connectivity index (χ0n) is 13.9. The molecule has 0 saturated carbocycles. The van der Waals surface area contributed by atoms with E-state index in [4.69, 9.17) is 4.74 Å². The van der Waals surface area contributed by atoms with Gasteiger partial charge in [0, 0.05) is 33.0 Å². The fourth-order valence-electron chi connectivity index (χ4n) is 1.84. The van der Waals surface area contributed by atoms with E-state index in [1.165, 1.54) is 6.92 Å². The highest BCUT2D eigenvalue weighted by molar-refractivity contribution is 5.80. The molecule has 0 saturated heterocycles. The van der Waals surface area contributed by atoms with Crippen LogP contribution in [0.5, 0.6) is 0 Å². The van der Waals surface area contributed by atoms with E-state index in [1.54, 1.807) is 4.90 Å². The largest absolute Gasteiger partial charge is 0.456 e. The molecule has 0 aliphatic rings. The third kappa shape index (κ3) is 10.9. The van der Waals surface area contributed by atoms with Gasteiger partial charge in [-0.2, -0.15) is 0 Å². The summed E-state index contributed by atoms with van der Waals surface area (Å²) < 4.78 is 4.98. The van der Waals surface area contributed by atoms with Gasteiger partial charge in [0.05, 0.1) is 0 Å². The van der Waals surface area contributed by atoms with Crippen LogP contribution >= 0.6 is 0 Å². The van der Waals surface area contributed by atoms with E-state index >= 15 is 0 Å². The second kappa shape index (κ2) is 11.8. The van der Waals surface area contributed by atoms with Crippen molar-refractivity contribution in [3.63, 3.8) is 0 Å². The van der Waals surface area contributed by atoms with Crippen molar-refractivity contribution in [3.8, 4) is 0 Å². The summed E-state index contributed by atoms with van der Waals surface area (Å²) in [7, 11) is 0. The van der Waals surface area contributed by atoms with Crippen molar-refractivity contribution in [2.24, 2.45) is 0 Å². The summed E-state index contributed by atoms with van der Waals surface area (Å²) in [5, 5.41) is 2.70. The van der Waals surface area contributed by atoms with Gasteiger partial charge in [0.2, 0.25) is 5.91 Å². The zero-order chi connectivity index (χ0) is 17.0. The number of nitrogens with one attached hydrogen (secondary N) is 1. The van der Waals surface area contributed by atoms with Crippen molar-refractivity contribution >= 4 is 17.8 Å². The number of carbonyl (C=O) groups is 3. The Labute approximate surface area is 132 Å². The molecule has 0 aromatic rings. The van der Waals surface area contributed by atoms with Gasteiger partial charge in [0.1, 0.15) is 0 Å². The molecule has 6 nitrogen and oxygen atoms in total. The summed E-state index contributed by atoms with van der Waals surface area (Å²) in [4.78, 5) is 35.7. The van der Waals surface area contributed by atoms with Gasteiger partial charge >= 0.3 is 5.97 Å². The minimum absolute atomic E-state index is 0.0480. The Morgan fingerprint density at radius 2 is 1.82 bits per heavy atom. The second-order valence-electron chi connectivity index (χ2n) is 5.32. The Morgan fingerprint density at radius 1 is 1.14 bits per heavy atom. The lowest BCUT2D eigenvalue weighted by molar-refractivity contribution is -0.151. The highest BCUT2D eigenvalue weighted by Crippen LogP contribution is 2.02. The standard InChI is InChI=1S/C16H28N2O4/c1-5-18(11-13(2)3)15(20)12-22-16(21)9-7-6-8-10-17-14(4)19/h2,5-12H2,1,3-4H3,(H,17,19). The molecule has 0 atom stereocenters. The molecule has 0 spiro atoms. The van der Waals surface area contributed by atoms with E-state index < -0.39 is 0 Å². The molecule has 0 fully saturated rings. The average Bonchev–Trinajstić information content (AvgIpc) is 2.45. The maximum atomic E-state index is 11.9. The van der Waals surface area contributed by atoms with Crippen LogP contribution in [0.3, 0.4) is 0 Å². The van der Waals surface area contributed by atoms with Gasteiger partial charge in [0.15, 0.2) is 6.61 Å². The van der Waals surface area contributed by atoms with Gasteiger partial charge in [-0.1, -0.05) is 18.6 Å². The van der Waals surface area contributed by atoms with Gasteiger partial charge in [-0.05, 0) is 26.7 Å². The first-order valence-corrected chi connectivity index (χ1v) is 7.69. The van der Waals surface area contributed by atoms with Crippen molar-refractivity contribution in [2.75, 3.05) is 26.2 Å². The topological polar surface area (TPSA) is 75.7 Å². The number of hydrogen-bond acceptors (Lipinski definition) is 4. The fraction of sp³-hybridized carbons (Fsp3) is 0.688. The molecule has 0 aliphatic carbocycles. The molecule has 0 bridgehead atoms. The Kier molecular flexibility index (Phi) is 10.8. The molecule has 22 heavy (non-hydrogen) atoms. The summed E-state index contributed by atoms with van der Waals surface area (Å²) in [5.41, 5.74) is 0.890. The molecule has 0 rings (SSSR count). The molecule has 126 valence electrons. The molecule has 0 radical (unpaired) electrons. The number of unbranched alkanes of at least 4 members (excludes halogenated alkanes) is 2.